The highest BCUT2D eigenvalue weighted by molar-refractivity contribution is 5.20. The lowest BCUT2D eigenvalue weighted by atomic mass is 9.86. The van der Waals surface area contributed by atoms with Crippen molar-refractivity contribution in [2.75, 3.05) is 13.1 Å². The van der Waals surface area contributed by atoms with E-state index in [1.807, 2.05) is 0 Å². The molecule has 1 saturated heterocycles. The summed E-state index contributed by atoms with van der Waals surface area (Å²) in [7, 11) is 0. The van der Waals surface area contributed by atoms with Crippen molar-refractivity contribution in [2.24, 2.45) is 11.8 Å². The van der Waals surface area contributed by atoms with Gasteiger partial charge in [-0.3, -0.25) is 0 Å². The first-order valence-corrected chi connectivity index (χ1v) is 7.70. The number of hydrogen-bond acceptors (Lipinski definition) is 2. The van der Waals surface area contributed by atoms with Gasteiger partial charge in [-0.1, -0.05) is 38.2 Å². The number of hydrazine groups is 1. The number of halogens is 3. The van der Waals surface area contributed by atoms with E-state index in [4.69, 9.17) is 0 Å². The van der Waals surface area contributed by atoms with Gasteiger partial charge in [0.15, 0.2) is 0 Å². The Morgan fingerprint density at radius 1 is 1.19 bits per heavy atom. The van der Waals surface area contributed by atoms with E-state index in [-0.39, 0.29) is 0 Å². The molecule has 0 N–H and O–H groups in total. The third-order valence-corrected chi connectivity index (χ3v) is 4.70. The van der Waals surface area contributed by atoms with Crippen LogP contribution in [0.15, 0.2) is 24.3 Å². The van der Waals surface area contributed by atoms with E-state index in [0.717, 1.165) is 12.8 Å². The molecular formula is C16H25F3N2. The molecule has 0 spiro atoms. The third-order valence-electron chi connectivity index (χ3n) is 4.70. The lowest BCUT2D eigenvalue weighted by molar-refractivity contribution is -0.342. The molecule has 0 aromatic heterocycles. The fourth-order valence-electron chi connectivity index (χ4n) is 3.40. The maximum absolute atomic E-state index is 13.6. The summed E-state index contributed by atoms with van der Waals surface area (Å²) < 4.78 is 40.8. The van der Waals surface area contributed by atoms with E-state index in [1.54, 1.807) is 31.2 Å². The smallest absolute Gasteiger partial charge is 0.234 e. The van der Waals surface area contributed by atoms with Crippen LogP contribution in [0.3, 0.4) is 0 Å². The summed E-state index contributed by atoms with van der Waals surface area (Å²) in [5.41, 5.74) is -1.02. The van der Waals surface area contributed by atoms with Gasteiger partial charge in [-0.05, 0) is 38.0 Å². The number of nitrogens with zero attached hydrogens (tertiary/aromatic N) is 2. The van der Waals surface area contributed by atoms with Crippen molar-refractivity contribution in [1.82, 2.24) is 10.0 Å². The van der Waals surface area contributed by atoms with Gasteiger partial charge < -0.3 is 0 Å². The lowest BCUT2D eigenvalue weighted by Crippen LogP contribution is -2.62. The molecule has 1 aliphatic heterocycles. The summed E-state index contributed by atoms with van der Waals surface area (Å²) in [5.74, 6) is 1.07. The molecule has 1 heterocycles. The Balaban J connectivity index is 2.15. The van der Waals surface area contributed by atoms with Crippen LogP contribution in [-0.2, 0) is 0 Å². The number of allylic oxidation sites excluding steroid dienone is 2. The monoisotopic (exact) mass is 302 g/mol. The molecule has 120 valence electrons. The number of piperidine rings is 1. The van der Waals surface area contributed by atoms with Crippen molar-refractivity contribution in [2.45, 2.75) is 51.9 Å². The summed E-state index contributed by atoms with van der Waals surface area (Å²) in [5, 5.41) is 2.15. The minimum atomic E-state index is -4.35. The Labute approximate surface area is 125 Å². The fraction of sp³-hybridized carbons (Fsp3) is 0.750. The molecule has 0 aromatic rings. The highest BCUT2D eigenvalue weighted by Crippen LogP contribution is 2.38. The van der Waals surface area contributed by atoms with Crippen LogP contribution >= 0.6 is 0 Å². The molecule has 1 aliphatic carbocycles. The van der Waals surface area contributed by atoms with Crippen molar-refractivity contribution in [3.63, 3.8) is 0 Å². The normalized spacial score (nSPS) is 28.8. The summed E-state index contributed by atoms with van der Waals surface area (Å²) >= 11 is 0. The highest BCUT2D eigenvalue weighted by atomic mass is 19.4. The van der Waals surface area contributed by atoms with Gasteiger partial charge >= 0.3 is 6.30 Å². The van der Waals surface area contributed by atoms with E-state index >= 15 is 0 Å². The van der Waals surface area contributed by atoms with E-state index in [0.29, 0.717) is 36.4 Å². The van der Waals surface area contributed by atoms with Crippen molar-refractivity contribution in [1.29, 1.82) is 0 Å². The molecule has 0 aromatic carbocycles. The predicted molar refractivity (Wildman–Crippen MR) is 78.3 cm³/mol. The van der Waals surface area contributed by atoms with Gasteiger partial charge in [0, 0.05) is 13.1 Å². The minimum Gasteiger partial charge on any atom is -0.234 e. The molecule has 0 bridgehead atoms. The van der Waals surface area contributed by atoms with Gasteiger partial charge in [-0.15, -0.1) is 5.01 Å². The average Bonchev–Trinajstić information content (AvgIpc) is 2.38. The Bertz CT molecular complexity index is 406. The summed E-state index contributed by atoms with van der Waals surface area (Å²) in [6.45, 7) is 6.93. The maximum Gasteiger partial charge on any atom is 0.474 e. The van der Waals surface area contributed by atoms with Gasteiger partial charge in [-0.2, -0.15) is 13.2 Å². The van der Waals surface area contributed by atoms with Crippen molar-refractivity contribution >= 4 is 0 Å². The van der Waals surface area contributed by atoms with Crippen LogP contribution in [0.1, 0.15) is 40.0 Å². The summed E-state index contributed by atoms with van der Waals surface area (Å²) in [6.07, 6.45) is 4.68. The second-order valence-corrected chi connectivity index (χ2v) is 6.66. The molecule has 5 heteroatoms. The van der Waals surface area contributed by atoms with Crippen LogP contribution in [0, 0.1) is 11.8 Å². The van der Waals surface area contributed by atoms with E-state index in [2.05, 4.69) is 13.8 Å². The van der Waals surface area contributed by atoms with Crippen LogP contribution in [-0.4, -0.2) is 34.9 Å². The van der Waals surface area contributed by atoms with Gasteiger partial charge in [0.2, 0.25) is 0 Å². The standard InChI is InChI=1S/C16H25F3N2/c1-13(2)14-7-11-20(12-8-14)21(16(17,18)19)15(3)9-5-4-6-10-15/h4-6,9,13-14H,7-8,10-12H2,1-3H3. The average molecular weight is 302 g/mol. The second-order valence-electron chi connectivity index (χ2n) is 6.66. The van der Waals surface area contributed by atoms with E-state index in [1.165, 1.54) is 5.01 Å². The number of hydrogen-bond donors (Lipinski definition) is 0. The summed E-state index contributed by atoms with van der Waals surface area (Å²) in [6, 6.07) is 0. The van der Waals surface area contributed by atoms with E-state index in [9.17, 15) is 13.2 Å². The molecule has 0 amide bonds. The molecule has 0 saturated carbocycles. The topological polar surface area (TPSA) is 6.48 Å². The van der Waals surface area contributed by atoms with Gasteiger partial charge in [0.25, 0.3) is 0 Å². The SMILES string of the molecule is CC(C)C1CCN(N(C(F)(F)F)C2(C)C=CC=CC2)CC1. The first-order chi connectivity index (χ1) is 9.74. The van der Waals surface area contributed by atoms with Crippen molar-refractivity contribution in [3.05, 3.63) is 24.3 Å². The first kappa shape index (κ1) is 16.6. The zero-order chi connectivity index (χ0) is 15.7. The molecule has 1 unspecified atom stereocenters. The van der Waals surface area contributed by atoms with Crippen molar-refractivity contribution < 1.29 is 13.2 Å². The molecule has 2 nitrogen and oxygen atoms in total. The molecule has 1 fully saturated rings. The van der Waals surface area contributed by atoms with Crippen molar-refractivity contribution in [3.8, 4) is 0 Å². The van der Waals surface area contributed by atoms with E-state index < -0.39 is 11.8 Å². The zero-order valence-electron chi connectivity index (χ0n) is 13.0. The lowest BCUT2D eigenvalue weighted by Gasteiger charge is -2.49. The zero-order valence-corrected chi connectivity index (χ0v) is 13.0. The Morgan fingerprint density at radius 3 is 2.24 bits per heavy atom. The molecular weight excluding hydrogens is 277 g/mol. The van der Waals surface area contributed by atoms with Crippen LogP contribution in [0.25, 0.3) is 0 Å². The maximum atomic E-state index is 13.6. The van der Waals surface area contributed by atoms with Crippen LogP contribution in [0.4, 0.5) is 13.2 Å². The molecule has 2 aliphatic rings. The van der Waals surface area contributed by atoms with Gasteiger partial charge in [-0.25, -0.2) is 5.01 Å². The molecule has 2 rings (SSSR count). The quantitative estimate of drug-likeness (QED) is 0.714. The van der Waals surface area contributed by atoms with Crippen LogP contribution in [0.5, 0.6) is 0 Å². The first-order valence-electron chi connectivity index (χ1n) is 7.70. The Morgan fingerprint density at radius 2 is 1.81 bits per heavy atom. The minimum absolute atomic E-state index is 0.382. The fourth-order valence-corrected chi connectivity index (χ4v) is 3.40. The Kier molecular flexibility index (Phi) is 4.83. The van der Waals surface area contributed by atoms with Crippen LogP contribution in [0.2, 0.25) is 0 Å². The number of alkyl halides is 3. The number of rotatable bonds is 3. The third kappa shape index (κ3) is 3.69. The highest BCUT2D eigenvalue weighted by Gasteiger charge is 2.51. The predicted octanol–water partition coefficient (Wildman–Crippen LogP) is 4.37. The molecule has 1 atom stereocenters. The van der Waals surface area contributed by atoms with Gasteiger partial charge in [0.1, 0.15) is 0 Å². The second kappa shape index (κ2) is 6.13. The summed E-state index contributed by atoms with van der Waals surface area (Å²) in [4.78, 5) is 0. The largest absolute Gasteiger partial charge is 0.474 e. The van der Waals surface area contributed by atoms with Crippen LogP contribution < -0.4 is 0 Å². The molecule has 21 heavy (non-hydrogen) atoms. The van der Waals surface area contributed by atoms with Gasteiger partial charge in [0.05, 0.1) is 5.54 Å². The molecule has 0 radical (unpaired) electrons. The Hall–Kier alpha value is -0.810.